The Morgan fingerprint density at radius 2 is 1.43 bits per heavy atom. The Morgan fingerprint density at radius 1 is 0.739 bits per heavy atom. The van der Waals surface area contributed by atoms with Gasteiger partial charge in [-0.25, -0.2) is 4.39 Å². The topological polar surface area (TPSA) is 41.1 Å². The summed E-state index contributed by atoms with van der Waals surface area (Å²) >= 11 is 0. The molecule has 0 atom stereocenters. The van der Waals surface area contributed by atoms with Gasteiger partial charge in [0, 0.05) is 22.6 Å². The van der Waals surface area contributed by atoms with Crippen LogP contribution in [0.2, 0.25) is 0 Å². The van der Waals surface area contributed by atoms with E-state index in [2.05, 4.69) is 10.6 Å². The second-order valence-corrected chi connectivity index (χ2v) is 5.03. The first-order chi connectivity index (χ1) is 11.2. The van der Waals surface area contributed by atoms with Gasteiger partial charge in [0.2, 0.25) is 0 Å². The molecule has 0 radical (unpaired) electrons. The molecule has 0 aliphatic heterocycles. The van der Waals surface area contributed by atoms with E-state index >= 15 is 0 Å². The molecule has 0 fully saturated rings. The molecular weight excluding hydrogens is 291 g/mol. The number of amides is 1. The van der Waals surface area contributed by atoms with Crippen molar-refractivity contribution in [3.8, 4) is 0 Å². The van der Waals surface area contributed by atoms with Crippen molar-refractivity contribution >= 4 is 23.0 Å². The maximum Gasteiger partial charge on any atom is 0.255 e. The number of benzene rings is 3. The minimum atomic E-state index is -0.290. The molecule has 0 saturated carbocycles. The molecule has 2 N–H and O–H groups in total. The average molecular weight is 306 g/mol. The summed E-state index contributed by atoms with van der Waals surface area (Å²) in [7, 11) is 0. The van der Waals surface area contributed by atoms with Gasteiger partial charge in [0.05, 0.1) is 0 Å². The van der Waals surface area contributed by atoms with Crippen molar-refractivity contribution in [2.24, 2.45) is 0 Å². The highest BCUT2D eigenvalue weighted by Crippen LogP contribution is 2.20. The molecule has 0 bridgehead atoms. The third-order valence-electron chi connectivity index (χ3n) is 3.29. The first-order valence-electron chi connectivity index (χ1n) is 7.20. The third kappa shape index (κ3) is 3.95. The number of nitrogens with one attached hydrogen (secondary N) is 2. The zero-order chi connectivity index (χ0) is 16.1. The van der Waals surface area contributed by atoms with E-state index in [1.807, 2.05) is 30.3 Å². The van der Waals surface area contributed by atoms with Gasteiger partial charge in [-0.2, -0.15) is 0 Å². The SMILES string of the molecule is O=C(Nc1ccc(Nc2cccc(F)c2)cc1)c1ccccc1. The van der Waals surface area contributed by atoms with E-state index < -0.39 is 0 Å². The number of hydrogen-bond donors (Lipinski definition) is 2. The molecule has 3 nitrogen and oxygen atoms in total. The van der Waals surface area contributed by atoms with Crippen molar-refractivity contribution < 1.29 is 9.18 Å². The quantitative estimate of drug-likeness (QED) is 0.725. The van der Waals surface area contributed by atoms with Crippen LogP contribution in [0.4, 0.5) is 21.5 Å². The van der Waals surface area contributed by atoms with Gasteiger partial charge >= 0.3 is 0 Å². The van der Waals surface area contributed by atoms with Crippen LogP contribution >= 0.6 is 0 Å². The second-order valence-electron chi connectivity index (χ2n) is 5.03. The van der Waals surface area contributed by atoms with Crippen LogP contribution in [0.15, 0.2) is 78.9 Å². The predicted octanol–water partition coefficient (Wildman–Crippen LogP) is 4.82. The number of hydrogen-bond acceptors (Lipinski definition) is 2. The fourth-order valence-corrected chi connectivity index (χ4v) is 2.16. The average Bonchev–Trinajstić information content (AvgIpc) is 2.57. The van der Waals surface area contributed by atoms with E-state index in [1.54, 1.807) is 36.4 Å². The van der Waals surface area contributed by atoms with Crippen LogP contribution in [-0.4, -0.2) is 5.91 Å². The monoisotopic (exact) mass is 306 g/mol. The number of anilines is 3. The van der Waals surface area contributed by atoms with E-state index in [-0.39, 0.29) is 11.7 Å². The van der Waals surface area contributed by atoms with E-state index in [4.69, 9.17) is 0 Å². The molecule has 114 valence electrons. The molecule has 3 aromatic carbocycles. The maximum absolute atomic E-state index is 13.2. The molecule has 0 heterocycles. The Morgan fingerprint density at radius 3 is 2.13 bits per heavy atom. The number of halogens is 1. The molecule has 23 heavy (non-hydrogen) atoms. The van der Waals surface area contributed by atoms with Gasteiger partial charge in [0.15, 0.2) is 0 Å². The zero-order valence-corrected chi connectivity index (χ0v) is 12.3. The molecule has 4 heteroatoms. The van der Waals surface area contributed by atoms with Crippen LogP contribution in [0.3, 0.4) is 0 Å². The molecule has 0 unspecified atom stereocenters. The molecule has 0 aliphatic carbocycles. The largest absolute Gasteiger partial charge is 0.355 e. The van der Waals surface area contributed by atoms with Gasteiger partial charge in [0.1, 0.15) is 5.82 Å². The highest BCUT2D eigenvalue weighted by molar-refractivity contribution is 6.04. The van der Waals surface area contributed by atoms with E-state index in [9.17, 15) is 9.18 Å². The standard InChI is InChI=1S/C19H15FN2O/c20-15-7-4-8-18(13-15)21-16-9-11-17(12-10-16)22-19(23)14-5-2-1-3-6-14/h1-13,21H,(H,22,23). The van der Waals surface area contributed by atoms with Gasteiger partial charge in [-0.05, 0) is 54.6 Å². The van der Waals surface area contributed by atoms with Gasteiger partial charge in [-0.3, -0.25) is 4.79 Å². The summed E-state index contributed by atoms with van der Waals surface area (Å²) in [4.78, 5) is 12.1. The van der Waals surface area contributed by atoms with Crippen molar-refractivity contribution in [1.29, 1.82) is 0 Å². The highest BCUT2D eigenvalue weighted by Gasteiger charge is 2.05. The summed E-state index contributed by atoms with van der Waals surface area (Å²) in [6.07, 6.45) is 0. The third-order valence-corrected chi connectivity index (χ3v) is 3.29. The Hall–Kier alpha value is -3.14. The van der Waals surface area contributed by atoms with Gasteiger partial charge < -0.3 is 10.6 Å². The lowest BCUT2D eigenvalue weighted by molar-refractivity contribution is 0.102. The molecule has 0 aromatic heterocycles. The van der Waals surface area contributed by atoms with Crippen LogP contribution in [0.1, 0.15) is 10.4 Å². The van der Waals surface area contributed by atoms with Crippen LogP contribution in [0, 0.1) is 5.82 Å². The Bertz CT molecular complexity index is 801. The van der Waals surface area contributed by atoms with Crippen LogP contribution in [0.25, 0.3) is 0 Å². The normalized spacial score (nSPS) is 10.1. The second kappa shape index (κ2) is 6.75. The van der Waals surface area contributed by atoms with Gasteiger partial charge in [-0.1, -0.05) is 24.3 Å². The van der Waals surface area contributed by atoms with E-state index in [0.717, 1.165) is 5.69 Å². The summed E-state index contributed by atoms with van der Waals surface area (Å²) in [5.41, 5.74) is 2.79. The van der Waals surface area contributed by atoms with Gasteiger partial charge in [-0.15, -0.1) is 0 Å². The summed E-state index contributed by atoms with van der Waals surface area (Å²) < 4.78 is 13.2. The van der Waals surface area contributed by atoms with Crippen molar-refractivity contribution in [2.45, 2.75) is 0 Å². The van der Waals surface area contributed by atoms with Gasteiger partial charge in [0.25, 0.3) is 5.91 Å². The lowest BCUT2D eigenvalue weighted by atomic mass is 10.2. The van der Waals surface area contributed by atoms with Crippen LogP contribution in [-0.2, 0) is 0 Å². The molecule has 1 amide bonds. The van der Waals surface area contributed by atoms with Crippen molar-refractivity contribution in [3.05, 3.63) is 90.2 Å². The predicted molar refractivity (Wildman–Crippen MR) is 90.5 cm³/mol. The van der Waals surface area contributed by atoms with Crippen molar-refractivity contribution in [1.82, 2.24) is 0 Å². The summed E-state index contributed by atoms with van der Waals surface area (Å²) in [6, 6.07) is 22.5. The maximum atomic E-state index is 13.2. The first kappa shape index (κ1) is 14.8. The fourth-order valence-electron chi connectivity index (χ4n) is 2.16. The Balaban J connectivity index is 1.66. The molecule has 0 spiro atoms. The Kier molecular flexibility index (Phi) is 4.34. The lowest BCUT2D eigenvalue weighted by Crippen LogP contribution is -2.11. The minimum absolute atomic E-state index is 0.156. The minimum Gasteiger partial charge on any atom is -0.355 e. The number of carbonyl (C=O) groups is 1. The van der Waals surface area contributed by atoms with Crippen molar-refractivity contribution in [3.63, 3.8) is 0 Å². The summed E-state index contributed by atoms with van der Waals surface area (Å²) in [5, 5.41) is 5.94. The highest BCUT2D eigenvalue weighted by atomic mass is 19.1. The first-order valence-corrected chi connectivity index (χ1v) is 7.20. The molecule has 0 saturated heterocycles. The van der Waals surface area contributed by atoms with Crippen molar-refractivity contribution in [2.75, 3.05) is 10.6 Å². The molecule has 3 aromatic rings. The Labute approximate surface area is 133 Å². The van der Waals surface area contributed by atoms with Crippen LogP contribution < -0.4 is 10.6 Å². The van der Waals surface area contributed by atoms with Crippen LogP contribution in [0.5, 0.6) is 0 Å². The molecular formula is C19H15FN2O. The molecule has 0 aliphatic rings. The smallest absolute Gasteiger partial charge is 0.255 e. The summed E-state index contributed by atoms with van der Waals surface area (Å²) in [6.45, 7) is 0. The lowest BCUT2D eigenvalue weighted by Gasteiger charge is -2.09. The van der Waals surface area contributed by atoms with E-state index in [0.29, 0.717) is 16.9 Å². The number of carbonyl (C=O) groups excluding carboxylic acids is 1. The zero-order valence-electron chi connectivity index (χ0n) is 12.3. The molecule has 3 rings (SSSR count). The van der Waals surface area contributed by atoms with E-state index in [1.165, 1.54) is 12.1 Å². The summed E-state index contributed by atoms with van der Waals surface area (Å²) in [5.74, 6) is -0.446. The fraction of sp³-hybridized carbons (Fsp3) is 0. The number of rotatable bonds is 4.